The van der Waals surface area contributed by atoms with Crippen molar-refractivity contribution in [2.75, 3.05) is 0 Å². The van der Waals surface area contributed by atoms with Crippen molar-refractivity contribution in [2.45, 2.75) is 76.3 Å². The third-order valence-corrected chi connectivity index (χ3v) is 6.87. The van der Waals surface area contributed by atoms with Crippen LogP contribution in [0.1, 0.15) is 75.2 Å². The summed E-state index contributed by atoms with van der Waals surface area (Å²) in [5, 5.41) is 22.8. The molecule has 1 aromatic carbocycles. The van der Waals surface area contributed by atoms with Gasteiger partial charge in [0.2, 0.25) is 0 Å². The topological polar surface area (TPSA) is 159 Å². The number of carbonyl (C=O) groups excluding carboxylic acids is 1. The molecule has 0 aliphatic rings. The molecule has 11 heteroatoms. The van der Waals surface area contributed by atoms with Crippen LogP contribution in [0.2, 0.25) is 0 Å². The molecule has 0 aliphatic carbocycles. The van der Waals surface area contributed by atoms with E-state index in [4.69, 9.17) is 0 Å². The molecule has 3 rings (SSSR count). The lowest BCUT2D eigenvalue weighted by Gasteiger charge is -2.23. The lowest BCUT2D eigenvalue weighted by molar-refractivity contribution is -0.139. The van der Waals surface area contributed by atoms with Gasteiger partial charge in [0, 0.05) is 20.5 Å². The fourth-order valence-electron chi connectivity index (χ4n) is 4.71. The first-order valence-electron chi connectivity index (χ1n) is 13.1. The third-order valence-electron chi connectivity index (χ3n) is 6.87. The van der Waals surface area contributed by atoms with Crippen LogP contribution in [0.3, 0.4) is 0 Å². The van der Waals surface area contributed by atoms with E-state index in [1.54, 1.807) is 23.7 Å². The van der Waals surface area contributed by atoms with Crippen LogP contribution in [-0.2, 0) is 30.1 Å². The van der Waals surface area contributed by atoms with Crippen molar-refractivity contribution in [3.05, 3.63) is 56.5 Å². The Kier molecular flexibility index (Phi) is 10.4. The number of aryl methyl sites for hydroxylation is 2. The van der Waals surface area contributed by atoms with Gasteiger partial charge < -0.3 is 19.6 Å². The molecule has 38 heavy (non-hydrogen) atoms. The van der Waals surface area contributed by atoms with Gasteiger partial charge in [0.15, 0.2) is 11.2 Å². The summed E-state index contributed by atoms with van der Waals surface area (Å²) < 4.78 is 2.89. The molecule has 0 fully saturated rings. The summed E-state index contributed by atoms with van der Waals surface area (Å²) in [7, 11) is 3.22. The van der Waals surface area contributed by atoms with Gasteiger partial charge >= 0.3 is 11.7 Å². The normalized spacial score (nSPS) is 13.0. The number of carboxylic acids is 1. The molecule has 206 valence electrons. The smallest absolute Gasteiger partial charge is 0.329 e. The Balaban J connectivity index is 1.80. The number of phenolic OH excluding ortho intramolecular Hbond substituents is 1. The maximum Gasteiger partial charge on any atom is 0.329 e. The number of nitrogens with one attached hydrogen (secondary N) is 2. The number of fused-ring (bicyclic) bond motifs is 1. The molecule has 2 atom stereocenters. The van der Waals surface area contributed by atoms with Crippen molar-refractivity contribution in [2.24, 2.45) is 14.1 Å². The Bertz CT molecular complexity index is 1340. The van der Waals surface area contributed by atoms with Crippen molar-refractivity contribution < 1.29 is 19.8 Å². The zero-order chi connectivity index (χ0) is 27.7. The van der Waals surface area contributed by atoms with Crippen LogP contribution in [0.4, 0.5) is 0 Å². The minimum absolute atomic E-state index is 0.103. The Hall–Kier alpha value is -3.73. The first-order chi connectivity index (χ1) is 18.2. The fraction of sp³-hybridized carbons (Fsp3) is 0.519. The quantitative estimate of drug-likeness (QED) is 0.163. The van der Waals surface area contributed by atoms with E-state index in [9.17, 15) is 29.4 Å². The van der Waals surface area contributed by atoms with Gasteiger partial charge in [-0.15, -0.1) is 0 Å². The number of aliphatic carboxylic acids is 1. The lowest BCUT2D eigenvalue weighted by Crippen LogP contribution is -2.41. The van der Waals surface area contributed by atoms with Gasteiger partial charge in [-0.2, -0.15) is 0 Å². The molecule has 0 saturated heterocycles. The number of aromatic amines is 1. The number of aldehydes is 1. The van der Waals surface area contributed by atoms with Gasteiger partial charge in [0.25, 0.3) is 5.56 Å². The molecule has 4 N–H and O–H groups in total. The molecule has 2 unspecified atom stereocenters. The summed E-state index contributed by atoms with van der Waals surface area (Å²) in [6.07, 6.45) is 9.23. The van der Waals surface area contributed by atoms with Crippen molar-refractivity contribution in [3.63, 3.8) is 0 Å². The van der Waals surface area contributed by atoms with Crippen molar-refractivity contribution in [1.29, 1.82) is 0 Å². The Morgan fingerprint density at radius 3 is 2.29 bits per heavy atom. The maximum atomic E-state index is 12.6. The number of carboxylic acid groups (broad SMARTS) is 1. The minimum atomic E-state index is -1.03. The molecule has 2 aromatic heterocycles. The summed E-state index contributed by atoms with van der Waals surface area (Å²) in [5.74, 6) is -0.439. The summed E-state index contributed by atoms with van der Waals surface area (Å²) in [5.41, 5.74) is 0.121. The minimum Gasteiger partial charge on any atom is -0.508 e. The predicted octanol–water partition coefficient (Wildman–Crippen LogP) is 2.70. The average molecular weight is 528 g/mol. The summed E-state index contributed by atoms with van der Waals surface area (Å²) in [6, 6.07) is 4.98. The van der Waals surface area contributed by atoms with Gasteiger partial charge in [-0.05, 0) is 37.0 Å². The fourth-order valence-corrected chi connectivity index (χ4v) is 4.71. The number of nitrogens with zero attached hydrogens (tertiary/aromatic N) is 3. The van der Waals surface area contributed by atoms with E-state index in [1.165, 1.54) is 23.7 Å². The number of hydrogen-bond acceptors (Lipinski definition) is 7. The summed E-state index contributed by atoms with van der Waals surface area (Å²) in [4.78, 5) is 54.2. The van der Waals surface area contributed by atoms with Crippen LogP contribution in [-0.4, -0.2) is 47.6 Å². The van der Waals surface area contributed by atoms with Crippen molar-refractivity contribution in [1.82, 2.24) is 24.4 Å². The van der Waals surface area contributed by atoms with E-state index in [0.717, 1.165) is 56.8 Å². The van der Waals surface area contributed by atoms with Gasteiger partial charge in [-0.1, -0.05) is 50.7 Å². The molecular formula is C27H37N5O6. The largest absolute Gasteiger partial charge is 0.508 e. The van der Waals surface area contributed by atoms with E-state index < -0.39 is 29.3 Å². The number of H-pyrrole nitrogens is 1. The number of aromatic nitrogens is 4. The SMILES string of the molecule is Cn1c(C(CCCCCCCCCC=O)NC(Cc2ccc(O)cc2)C(=O)O)nc2c1c(=O)[nH]c(=O)n2C. The standard InChI is InChI=1S/C27H37N5O6/c1-31-22-24(32(2)27(38)30-25(22)35)29-23(31)20(11-9-7-5-3-4-6-8-10-16-33)28-21(26(36)37)17-18-12-14-19(34)15-13-18/h12-16,20-21,28,34H,3-11,17H2,1-2H3,(H,36,37)(H,30,35,38). The first kappa shape index (κ1) is 28.8. The first-order valence-corrected chi connectivity index (χ1v) is 13.1. The highest BCUT2D eigenvalue weighted by Gasteiger charge is 2.27. The predicted molar refractivity (Wildman–Crippen MR) is 143 cm³/mol. The second-order valence-electron chi connectivity index (χ2n) is 9.72. The molecule has 0 spiro atoms. The molecule has 0 aliphatic heterocycles. The number of unbranched alkanes of at least 4 members (excludes halogenated alkanes) is 7. The molecule has 0 saturated carbocycles. The van der Waals surface area contributed by atoms with Crippen LogP contribution >= 0.6 is 0 Å². The number of carbonyl (C=O) groups is 2. The lowest BCUT2D eigenvalue weighted by atomic mass is 10.0. The monoisotopic (exact) mass is 527 g/mol. The molecule has 0 amide bonds. The highest BCUT2D eigenvalue weighted by Crippen LogP contribution is 2.24. The molecule has 2 heterocycles. The molecule has 11 nitrogen and oxygen atoms in total. The van der Waals surface area contributed by atoms with Crippen LogP contribution in [0.15, 0.2) is 33.9 Å². The average Bonchev–Trinajstić information content (AvgIpc) is 3.23. The third kappa shape index (κ3) is 7.41. The highest BCUT2D eigenvalue weighted by atomic mass is 16.4. The second kappa shape index (κ2) is 13.7. The molecule has 0 bridgehead atoms. The Labute approximate surface area is 220 Å². The van der Waals surface area contributed by atoms with E-state index in [1.807, 2.05) is 0 Å². The van der Waals surface area contributed by atoms with Crippen LogP contribution in [0.25, 0.3) is 11.2 Å². The van der Waals surface area contributed by atoms with E-state index in [0.29, 0.717) is 18.7 Å². The van der Waals surface area contributed by atoms with E-state index >= 15 is 0 Å². The van der Waals surface area contributed by atoms with E-state index in [-0.39, 0.29) is 23.3 Å². The summed E-state index contributed by atoms with van der Waals surface area (Å²) in [6.45, 7) is 0. The van der Waals surface area contributed by atoms with Crippen LogP contribution < -0.4 is 16.6 Å². The number of imidazole rings is 1. The highest BCUT2D eigenvalue weighted by molar-refractivity contribution is 5.74. The van der Waals surface area contributed by atoms with Gasteiger partial charge in [-0.25, -0.2) is 9.78 Å². The van der Waals surface area contributed by atoms with Crippen LogP contribution in [0, 0.1) is 0 Å². The zero-order valence-corrected chi connectivity index (χ0v) is 22.0. The second-order valence-corrected chi connectivity index (χ2v) is 9.72. The number of hydrogen-bond donors (Lipinski definition) is 4. The zero-order valence-electron chi connectivity index (χ0n) is 22.0. The van der Waals surface area contributed by atoms with Crippen molar-refractivity contribution in [3.8, 4) is 5.75 Å². The number of phenols is 1. The molecule has 3 aromatic rings. The maximum absolute atomic E-state index is 12.6. The molecule has 0 radical (unpaired) electrons. The van der Waals surface area contributed by atoms with Gasteiger partial charge in [0.1, 0.15) is 23.9 Å². The summed E-state index contributed by atoms with van der Waals surface area (Å²) >= 11 is 0. The van der Waals surface area contributed by atoms with Gasteiger partial charge in [-0.3, -0.25) is 24.5 Å². The Morgan fingerprint density at radius 2 is 1.66 bits per heavy atom. The van der Waals surface area contributed by atoms with E-state index in [2.05, 4.69) is 15.3 Å². The number of benzene rings is 1. The molecular weight excluding hydrogens is 490 g/mol. The number of rotatable bonds is 16. The van der Waals surface area contributed by atoms with Crippen LogP contribution in [0.5, 0.6) is 5.75 Å². The van der Waals surface area contributed by atoms with Crippen molar-refractivity contribution >= 4 is 23.4 Å². The Morgan fingerprint density at radius 1 is 1.03 bits per heavy atom. The number of aromatic hydroxyl groups is 1. The van der Waals surface area contributed by atoms with Gasteiger partial charge in [0.05, 0.1) is 6.04 Å².